The van der Waals surface area contributed by atoms with E-state index < -0.39 is 5.97 Å². The van der Waals surface area contributed by atoms with Gasteiger partial charge in [0.05, 0.1) is 10.6 Å². The summed E-state index contributed by atoms with van der Waals surface area (Å²) in [6.45, 7) is 2.04. The number of thiocarbonyl (C=S) groups is 1. The molecule has 0 radical (unpaired) electrons. The van der Waals surface area contributed by atoms with Crippen LogP contribution >= 0.6 is 23.8 Å². The summed E-state index contributed by atoms with van der Waals surface area (Å²) in [6.07, 6.45) is 0.898. The number of aryl methyl sites for hydroxylation is 1. The molecule has 0 saturated carbocycles. The third kappa shape index (κ3) is 4.53. The average molecular weight is 363 g/mol. The van der Waals surface area contributed by atoms with Gasteiger partial charge in [-0.2, -0.15) is 0 Å². The molecule has 2 aromatic rings. The number of nitrogens with one attached hydrogen (secondary N) is 2. The van der Waals surface area contributed by atoms with Gasteiger partial charge in [0, 0.05) is 11.3 Å². The molecular weight excluding hydrogens is 348 g/mol. The molecule has 24 heavy (non-hydrogen) atoms. The van der Waals surface area contributed by atoms with Crippen molar-refractivity contribution in [3.8, 4) is 0 Å². The summed E-state index contributed by atoms with van der Waals surface area (Å²) in [5.41, 5.74) is 2.11. The normalized spacial score (nSPS) is 10.1. The molecule has 3 N–H and O–H groups in total. The van der Waals surface area contributed by atoms with E-state index in [2.05, 4.69) is 10.6 Å². The first-order valence-electron chi connectivity index (χ1n) is 7.15. The first-order valence-corrected chi connectivity index (χ1v) is 7.93. The Labute approximate surface area is 149 Å². The van der Waals surface area contributed by atoms with E-state index in [9.17, 15) is 9.59 Å². The topological polar surface area (TPSA) is 78.4 Å². The zero-order valence-corrected chi connectivity index (χ0v) is 14.4. The van der Waals surface area contributed by atoms with Crippen molar-refractivity contribution < 1.29 is 14.7 Å². The largest absolute Gasteiger partial charge is 0.478 e. The number of carbonyl (C=O) groups excluding carboxylic acids is 1. The molecule has 5 nitrogen and oxygen atoms in total. The third-order valence-electron chi connectivity index (χ3n) is 3.31. The average Bonchev–Trinajstić information content (AvgIpc) is 2.54. The Hall–Kier alpha value is -2.44. The van der Waals surface area contributed by atoms with Crippen molar-refractivity contribution >= 4 is 46.5 Å². The van der Waals surface area contributed by atoms with Crippen molar-refractivity contribution in [3.63, 3.8) is 0 Å². The minimum absolute atomic E-state index is 0.00631. The molecule has 0 aliphatic rings. The highest BCUT2D eigenvalue weighted by molar-refractivity contribution is 7.80. The maximum absolute atomic E-state index is 12.1. The number of amides is 1. The molecule has 2 rings (SSSR count). The lowest BCUT2D eigenvalue weighted by molar-refractivity contribution is 0.0697. The molecule has 0 fully saturated rings. The van der Waals surface area contributed by atoms with Gasteiger partial charge < -0.3 is 10.4 Å². The molecule has 0 saturated heterocycles. The maximum Gasteiger partial charge on any atom is 0.337 e. The molecular formula is C17H15ClN2O3S. The Morgan fingerprint density at radius 1 is 1.17 bits per heavy atom. The number of aromatic carboxylic acids is 1. The van der Waals surface area contributed by atoms with E-state index in [1.165, 1.54) is 18.2 Å². The molecule has 0 aliphatic carbocycles. The van der Waals surface area contributed by atoms with Gasteiger partial charge in [-0.25, -0.2) is 4.79 Å². The van der Waals surface area contributed by atoms with Crippen molar-refractivity contribution in [2.45, 2.75) is 13.3 Å². The van der Waals surface area contributed by atoms with Crippen LogP contribution < -0.4 is 10.6 Å². The van der Waals surface area contributed by atoms with E-state index in [1.807, 2.05) is 19.1 Å². The molecule has 0 heterocycles. The Morgan fingerprint density at radius 2 is 1.83 bits per heavy atom. The van der Waals surface area contributed by atoms with Gasteiger partial charge in [0.2, 0.25) is 0 Å². The monoisotopic (exact) mass is 362 g/mol. The lowest BCUT2D eigenvalue weighted by Crippen LogP contribution is -2.34. The van der Waals surface area contributed by atoms with Crippen LogP contribution in [0.3, 0.4) is 0 Å². The van der Waals surface area contributed by atoms with Crippen molar-refractivity contribution in [2.75, 3.05) is 5.32 Å². The molecule has 0 spiro atoms. The number of carbonyl (C=O) groups is 2. The zero-order valence-electron chi connectivity index (χ0n) is 12.8. The second-order valence-electron chi connectivity index (χ2n) is 4.96. The fourth-order valence-corrected chi connectivity index (χ4v) is 2.47. The minimum Gasteiger partial charge on any atom is -0.478 e. The lowest BCUT2D eigenvalue weighted by atomic mass is 10.1. The molecule has 0 aromatic heterocycles. The number of benzene rings is 2. The van der Waals surface area contributed by atoms with Crippen LogP contribution in [0.5, 0.6) is 0 Å². The van der Waals surface area contributed by atoms with Crippen LogP contribution in [0.25, 0.3) is 0 Å². The van der Waals surface area contributed by atoms with E-state index in [0.717, 1.165) is 12.0 Å². The number of hydrogen-bond donors (Lipinski definition) is 3. The Balaban J connectivity index is 2.00. The summed E-state index contributed by atoms with van der Waals surface area (Å²) < 4.78 is 0. The van der Waals surface area contributed by atoms with Crippen molar-refractivity contribution in [1.29, 1.82) is 0 Å². The van der Waals surface area contributed by atoms with Gasteiger partial charge >= 0.3 is 5.97 Å². The second kappa shape index (κ2) is 7.90. The Morgan fingerprint density at radius 3 is 2.38 bits per heavy atom. The summed E-state index contributed by atoms with van der Waals surface area (Å²) in [5.74, 6) is -1.44. The maximum atomic E-state index is 12.1. The number of hydrogen-bond acceptors (Lipinski definition) is 3. The summed E-state index contributed by atoms with van der Waals surface area (Å²) in [5, 5.41) is 14.5. The molecule has 0 aliphatic heterocycles. The lowest BCUT2D eigenvalue weighted by Gasteiger charge is -2.11. The number of anilines is 1. The number of halogens is 1. The predicted molar refractivity (Wildman–Crippen MR) is 97.9 cm³/mol. The predicted octanol–water partition coefficient (Wildman–Crippen LogP) is 3.73. The number of carboxylic acids is 1. The van der Waals surface area contributed by atoms with E-state index in [-0.39, 0.29) is 21.6 Å². The number of carboxylic acid groups (broad SMARTS) is 1. The fourth-order valence-electron chi connectivity index (χ4n) is 2.00. The number of rotatable bonds is 4. The molecule has 0 atom stereocenters. The van der Waals surface area contributed by atoms with Crippen molar-refractivity contribution in [1.82, 2.24) is 5.32 Å². The van der Waals surface area contributed by atoms with Crippen LogP contribution in [0.1, 0.15) is 33.2 Å². The van der Waals surface area contributed by atoms with Crippen LogP contribution in [-0.2, 0) is 6.42 Å². The second-order valence-corrected chi connectivity index (χ2v) is 5.77. The van der Waals surface area contributed by atoms with Gasteiger partial charge in [0.1, 0.15) is 0 Å². The fraction of sp³-hybridized carbons (Fsp3) is 0.118. The van der Waals surface area contributed by atoms with E-state index in [1.54, 1.807) is 12.1 Å². The van der Waals surface area contributed by atoms with Crippen LogP contribution in [0.4, 0.5) is 5.69 Å². The van der Waals surface area contributed by atoms with Gasteiger partial charge in [-0.15, -0.1) is 0 Å². The first-order chi connectivity index (χ1) is 11.4. The van der Waals surface area contributed by atoms with Gasteiger partial charge in [0.15, 0.2) is 5.11 Å². The van der Waals surface area contributed by atoms with Crippen LogP contribution in [0.2, 0.25) is 5.02 Å². The van der Waals surface area contributed by atoms with E-state index in [0.29, 0.717) is 11.3 Å². The molecule has 7 heteroatoms. The summed E-state index contributed by atoms with van der Waals surface area (Å²) in [6, 6.07) is 11.5. The SMILES string of the molecule is CCc1ccc(C(=O)NC(=S)Nc2ccc(C(=O)O)c(Cl)c2)cc1. The van der Waals surface area contributed by atoms with Crippen LogP contribution in [0.15, 0.2) is 42.5 Å². The van der Waals surface area contributed by atoms with E-state index in [4.69, 9.17) is 28.9 Å². The van der Waals surface area contributed by atoms with Gasteiger partial charge in [-0.1, -0.05) is 30.7 Å². The molecule has 0 unspecified atom stereocenters. The van der Waals surface area contributed by atoms with Crippen molar-refractivity contribution in [3.05, 3.63) is 64.2 Å². The Bertz CT molecular complexity index is 791. The molecule has 0 bridgehead atoms. The highest BCUT2D eigenvalue weighted by Crippen LogP contribution is 2.21. The smallest absolute Gasteiger partial charge is 0.337 e. The zero-order chi connectivity index (χ0) is 17.7. The first kappa shape index (κ1) is 17.9. The standard InChI is InChI=1S/C17H15ClN2O3S/c1-2-10-3-5-11(6-4-10)15(21)20-17(24)19-12-7-8-13(16(22)23)14(18)9-12/h3-9H,2H2,1H3,(H,22,23)(H2,19,20,21,24). The molecule has 1 amide bonds. The van der Waals surface area contributed by atoms with Gasteiger partial charge in [-0.05, 0) is 54.5 Å². The quantitative estimate of drug-likeness (QED) is 0.722. The molecule has 2 aromatic carbocycles. The summed E-state index contributed by atoms with van der Waals surface area (Å²) in [4.78, 5) is 23.0. The van der Waals surface area contributed by atoms with Gasteiger partial charge in [-0.3, -0.25) is 10.1 Å². The summed E-state index contributed by atoms with van der Waals surface area (Å²) in [7, 11) is 0. The summed E-state index contributed by atoms with van der Waals surface area (Å²) >= 11 is 11.0. The van der Waals surface area contributed by atoms with Gasteiger partial charge in [0.25, 0.3) is 5.91 Å². The third-order valence-corrected chi connectivity index (χ3v) is 3.83. The van der Waals surface area contributed by atoms with Crippen LogP contribution in [0, 0.1) is 0 Å². The Kier molecular flexibility index (Phi) is 5.89. The van der Waals surface area contributed by atoms with E-state index >= 15 is 0 Å². The van der Waals surface area contributed by atoms with Crippen LogP contribution in [-0.4, -0.2) is 22.1 Å². The minimum atomic E-state index is -1.11. The molecule has 124 valence electrons. The highest BCUT2D eigenvalue weighted by Gasteiger charge is 2.11. The highest BCUT2D eigenvalue weighted by atomic mass is 35.5. The van der Waals surface area contributed by atoms with Crippen molar-refractivity contribution in [2.24, 2.45) is 0 Å².